The van der Waals surface area contributed by atoms with Crippen LogP contribution in [0.3, 0.4) is 0 Å². The molecule has 3 saturated heterocycles. The van der Waals surface area contributed by atoms with Crippen LogP contribution in [0.15, 0.2) is 18.2 Å². The van der Waals surface area contributed by atoms with Gasteiger partial charge in [0.05, 0.1) is 12.1 Å². The molecule has 6 nitrogen and oxygen atoms in total. The normalized spacial score (nSPS) is 35.2. The van der Waals surface area contributed by atoms with E-state index in [0.29, 0.717) is 26.1 Å². The number of aromatic hydroxyl groups is 1. The number of benzene rings is 1. The molecule has 192 valence electrons. The van der Waals surface area contributed by atoms with Gasteiger partial charge in [-0.3, -0.25) is 14.6 Å². The van der Waals surface area contributed by atoms with E-state index in [1.807, 2.05) is 11.0 Å². The van der Waals surface area contributed by atoms with E-state index in [0.717, 1.165) is 56.9 Å². The van der Waals surface area contributed by atoms with E-state index < -0.39 is 13.7 Å². The molecule has 2 aliphatic carbocycles. The molecule has 1 aromatic rings. The molecule has 2 bridgehead atoms. The maximum absolute atomic E-state index is 13.5. The fourth-order valence-corrected chi connectivity index (χ4v) is 9.82. The van der Waals surface area contributed by atoms with Crippen LogP contribution in [0.25, 0.3) is 0 Å². The summed E-state index contributed by atoms with van der Waals surface area (Å²) in [4.78, 5) is 20.4. The lowest BCUT2D eigenvalue weighted by molar-refractivity contribution is -0.149. The van der Waals surface area contributed by atoms with Gasteiger partial charge in [0.15, 0.2) is 0 Å². The van der Waals surface area contributed by atoms with Crippen molar-refractivity contribution in [2.45, 2.75) is 80.8 Å². The SMILES string of the molecule is C[Si]1(C)CCN(CC(=O)N2CC[C@]34CCN(CC5CC5)[C@H](Cc5ccc(O)cc53)[C@]4(O)CC2)CC1. The number of phenols is 1. The Kier molecular flexibility index (Phi) is 5.87. The molecule has 3 atom stereocenters. The number of phenolic OH excluding ortho intramolecular Hbond substituents is 1. The maximum atomic E-state index is 13.5. The molecule has 4 fully saturated rings. The van der Waals surface area contributed by atoms with Crippen LogP contribution in [-0.2, 0) is 16.6 Å². The fourth-order valence-electron chi connectivity index (χ4n) is 7.72. The highest BCUT2D eigenvalue weighted by atomic mass is 28.3. The van der Waals surface area contributed by atoms with Gasteiger partial charge in [0.2, 0.25) is 5.91 Å². The van der Waals surface area contributed by atoms with Gasteiger partial charge in [-0.15, -0.1) is 0 Å². The third-order valence-corrected chi connectivity index (χ3v) is 13.5. The quantitative estimate of drug-likeness (QED) is 0.626. The molecule has 0 radical (unpaired) electrons. The Labute approximate surface area is 211 Å². The molecular formula is C28H43N3O3Si. The van der Waals surface area contributed by atoms with Crippen molar-refractivity contribution in [2.24, 2.45) is 5.92 Å². The van der Waals surface area contributed by atoms with Gasteiger partial charge in [-0.05, 0) is 99.4 Å². The molecule has 1 aromatic carbocycles. The number of aliphatic hydroxyl groups is 1. The van der Waals surface area contributed by atoms with E-state index in [1.54, 1.807) is 6.07 Å². The van der Waals surface area contributed by atoms with Crippen molar-refractivity contribution >= 4 is 14.0 Å². The minimum atomic E-state index is -1.05. The van der Waals surface area contributed by atoms with Crippen LogP contribution in [0.1, 0.15) is 43.2 Å². The van der Waals surface area contributed by atoms with Gasteiger partial charge < -0.3 is 15.1 Å². The molecule has 35 heavy (non-hydrogen) atoms. The lowest BCUT2D eigenvalue weighted by Crippen LogP contribution is -2.71. The predicted molar refractivity (Wildman–Crippen MR) is 140 cm³/mol. The standard InChI is InChI=1S/C28H43N3O3Si/c1-35(2)15-13-29(14-16-35)20-26(33)30-10-7-27-8-11-31(19-21-3-4-21)25(28(27,34)9-12-30)17-22-5-6-23(32)18-24(22)27/h5-6,18,21,25,32,34H,3-4,7-17,19-20H2,1-2H3/t25-,27+,28-/m1/s1. The van der Waals surface area contributed by atoms with Gasteiger partial charge in [0, 0.05) is 39.2 Å². The first kappa shape index (κ1) is 24.0. The summed E-state index contributed by atoms with van der Waals surface area (Å²) in [5.41, 5.74) is 1.16. The highest BCUT2D eigenvalue weighted by molar-refractivity contribution is 6.77. The zero-order chi connectivity index (χ0) is 24.4. The lowest BCUT2D eigenvalue weighted by Gasteiger charge is -2.61. The zero-order valence-electron chi connectivity index (χ0n) is 21.6. The molecular weight excluding hydrogens is 454 g/mol. The smallest absolute Gasteiger partial charge is 0.236 e. The Morgan fingerprint density at radius 2 is 1.77 bits per heavy atom. The van der Waals surface area contributed by atoms with E-state index in [2.05, 4.69) is 29.0 Å². The van der Waals surface area contributed by atoms with E-state index in [9.17, 15) is 15.0 Å². The summed E-state index contributed by atoms with van der Waals surface area (Å²) in [6, 6.07) is 8.46. The molecule has 0 aromatic heterocycles. The van der Waals surface area contributed by atoms with E-state index in [4.69, 9.17) is 0 Å². The van der Waals surface area contributed by atoms with Crippen LogP contribution >= 0.6 is 0 Å². The van der Waals surface area contributed by atoms with E-state index in [1.165, 1.54) is 30.5 Å². The van der Waals surface area contributed by atoms with Crippen molar-refractivity contribution in [3.8, 4) is 5.75 Å². The Morgan fingerprint density at radius 1 is 1.06 bits per heavy atom. The number of hydrogen-bond donors (Lipinski definition) is 2. The minimum Gasteiger partial charge on any atom is -0.508 e. The second kappa shape index (κ2) is 8.57. The Hall–Kier alpha value is -1.41. The van der Waals surface area contributed by atoms with Crippen molar-refractivity contribution in [2.75, 3.05) is 45.8 Å². The largest absolute Gasteiger partial charge is 0.508 e. The van der Waals surface area contributed by atoms with Gasteiger partial charge >= 0.3 is 0 Å². The van der Waals surface area contributed by atoms with Gasteiger partial charge in [0.1, 0.15) is 5.75 Å². The number of nitrogens with zero attached hydrogens (tertiary/aromatic N) is 3. The van der Waals surface area contributed by atoms with Crippen molar-refractivity contribution in [1.82, 2.24) is 14.7 Å². The van der Waals surface area contributed by atoms with Gasteiger partial charge in [0.25, 0.3) is 0 Å². The molecule has 3 heterocycles. The zero-order valence-corrected chi connectivity index (χ0v) is 22.6. The number of carbonyl (C=O) groups excluding carboxylic acids is 1. The third-order valence-electron chi connectivity index (χ3n) is 10.4. The summed E-state index contributed by atoms with van der Waals surface area (Å²) in [6.45, 7) is 11.0. The number of amides is 1. The number of carbonyl (C=O) groups is 1. The van der Waals surface area contributed by atoms with Crippen LogP contribution in [0, 0.1) is 5.92 Å². The van der Waals surface area contributed by atoms with Crippen molar-refractivity contribution in [1.29, 1.82) is 0 Å². The molecule has 7 heteroatoms. The molecule has 1 amide bonds. The molecule has 0 spiro atoms. The second-order valence-electron chi connectivity index (χ2n) is 13.1. The lowest BCUT2D eigenvalue weighted by atomic mass is 9.52. The molecule has 0 unspecified atom stereocenters. The first-order valence-corrected chi connectivity index (χ1v) is 17.4. The average Bonchev–Trinajstić information content (AvgIpc) is 3.64. The number of likely N-dealkylation sites (tertiary alicyclic amines) is 2. The van der Waals surface area contributed by atoms with Crippen LogP contribution < -0.4 is 0 Å². The summed E-state index contributed by atoms with van der Waals surface area (Å²) in [7, 11) is -1.05. The van der Waals surface area contributed by atoms with Crippen LogP contribution in [0.5, 0.6) is 5.75 Å². The first-order valence-electron chi connectivity index (χ1n) is 14.0. The summed E-state index contributed by atoms with van der Waals surface area (Å²) < 4.78 is 0. The Balaban J connectivity index is 1.26. The first-order chi connectivity index (χ1) is 16.7. The molecule has 2 N–H and O–H groups in total. The molecule has 1 saturated carbocycles. The number of hydrogen-bond acceptors (Lipinski definition) is 5. The van der Waals surface area contributed by atoms with Gasteiger partial charge in [-0.2, -0.15) is 0 Å². The van der Waals surface area contributed by atoms with Crippen LogP contribution in [-0.4, -0.2) is 96.4 Å². The third kappa shape index (κ3) is 4.16. The highest BCUT2D eigenvalue weighted by Crippen LogP contribution is 2.56. The van der Waals surface area contributed by atoms with Crippen LogP contribution in [0.4, 0.5) is 0 Å². The molecule has 5 aliphatic rings. The van der Waals surface area contributed by atoms with Crippen molar-refractivity contribution in [3.63, 3.8) is 0 Å². The number of piperidine rings is 1. The van der Waals surface area contributed by atoms with Crippen molar-refractivity contribution < 1.29 is 15.0 Å². The minimum absolute atomic E-state index is 0.0956. The molecule has 3 aliphatic heterocycles. The van der Waals surface area contributed by atoms with Gasteiger partial charge in [-0.25, -0.2) is 0 Å². The van der Waals surface area contributed by atoms with E-state index >= 15 is 0 Å². The highest BCUT2D eigenvalue weighted by Gasteiger charge is 2.63. The monoisotopic (exact) mass is 497 g/mol. The topological polar surface area (TPSA) is 67.3 Å². The second-order valence-corrected chi connectivity index (χ2v) is 18.4. The molecule has 6 rings (SSSR count). The Bertz CT molecular complexity index is 988. The fraction of sp³-hybridized carbons (Fsp3) is 0.750. The number of fused-ring (bicyclic) bond motifs is 1. The van der Waals surface area contributed by atoms with E-state index in [-0.39, 0.29) is 23.1 Å². The maximum Gasteiger partial charge on any atom is 0.236 e. The average molecular weight is 498 g/mol. The predicted octanol–water partition coefficient (Wildman–Crippen LogP) is 3.05. The summed E-state index contributed by atoms with van der Waals surface area (Å²) in [5, 5.41) is 23.0. The summed E-state index contributed by atoms with van der Waals surface area (Å²) >= 11 is 0. The van der Waals surface area contributed by atoms with Crippen LogP contribution in [0.2, 0.25) is 25.2 Å². The van der Waals surface area contributed by atoms with Crippen molar-refractivity contribution in [3.05, 3.63) is 29.3 Å². The summed E-state index contributed by atoms with van der Waals surface area (Å²) in [5.74, 6) is 1.30. The van der Waals surface area contributed by atoms with Gasteiger partial charge in [-0.1, -0.05) is 19.2 Å². The number of rotatable bonds is 4. The summed E-state index contributed by atoms with van der Waals surface area (Å²) in [6.07, 6.45) is 5.77. The Morgan fingerprint density at radius 3 is 2.51 bits per heavy atom.